The minimum absolute atomic E-state index is 0.607. The van der Waals surface area contributed by atoms with Crippen molar-refractivity contribution in [2.24, 2.45) is 0 Å². The molecule has 0 saturated carbocycles. The molecule has 0 aliphatic carbocycles. The molecule has 0 saturated heterocycles. The first-order valence-electron chi connectivity index (χ1n) is 6.57. The van der Waals surface area contributed by atoms with Gasteiger partial charge in [-0.2, -0.15) is 0 Å². The van der Waals surface area contributed by atoms with Gasteiger partial charge in [-0.05, 0) is 57.4 Å². The Morgan fingerprint density at radius 3 is 2.76 bits per heavy atom. The topological polar surface area (TPSA) is 21.3 Å². The average molecular weight is 235 g/mol. The van der Waals surface area contributed by atoms with Crippen LogP contribution in [0.2, 0.25) is 0 Å². The van der Waals surface area contributed by atoms with E-state index in [9.17, 15) is 0 Å². The Balaban J connectivity index is 2.24. The van der Waals surface area contributed by atoms with Crippen LogP contribution in [0.3, 0.4) is 0 Å². The van der Waals surface area contributed by atoms with Crippen molar-refractivity contribution in [3.63, 3.8) is 0 Å². The van der Waals surface area contributed by atoms with Crippen molar-refractivity contribution in [3.8, 4) is 5.75 Å². The molecule has 0 radical (unpaired) electrons. The second kappa shape index (κ2) is 7.33. The van der Waals surface area contributed by atoms with Gasteiger partial charge in [-0.1, -0.05) is 19.1 Å². The highest BCUT2D eigenvalue weighted by molar-refractivity contribution is 5.35. The minimum Gasteiger partial charge on any atom is -0.493 e. The van der Waals surface area contributed by atoms with Gasteiger partial charge in [0.05, 0.1) is 6.61 Å². The molecule has 1 rings (SSSR count). The maximum atomic E-state index is 5.79. The molecule has 1 aromatic carbocycles. The van der Waals surface area contributed by atoms with Gasteiger partial charge in [-0.15, -0.1) is 0 Å². The quantitative estimate of drug-likeness (QED) is 0.731. The van der Waals surface area contributed by atoms with Gasteiger partial charge in [-0.25, -0.2) is 0 Å². The van der Waals surface area contributed by atoms with Crippen LogP contribution in [-0.4, -0.2) is 19.2 Å². The van der Waals surface area contributed by atoms with Crippen LogP contribution in [0.4, 0.5) is 0 Å². The monoisotopic (exact) mass is 235 g/mol. The molecule has 0 amide bonds. The van der Waals surface area contributed by atoms with Crippen LogP contribution < -0.4 is 10.1 Å². The number of hydrogen-bond donors (Lipinski definition) is 1. The number of rotatable bonds is 7. The summed E-state index contributed by atoms with van der Waals surface area (Å²) in [4.78, 5) is 0. The molecule has 2 nitrogen and oxygen atoms in total. The van der Waals surface area contributed by atoms with E-state index in [0.29, 0.717) is 6.04 Å². The molecule has 0 bridgehead atoms. The van der Waals surface area contributed by atoms with Crippen LogP contribution in [0, 0.1) is 13.8 Å². The molecule has 0 heterocycles. The summed E-state index contributed by atoms with van der Waals surface area (Å²) in [6.07, 6.45) is 2.23. The zero-order valence-corrected chi connectivity index (χ0v) is 11.5. The van der Waals surface area contributed by atoms with E-state index in [1.165, 1.54) is 17.5 Å². The van der Waals surface area contributed by atoms with E-state index in [1.807, 2.05) is 0 Å². The Hall–Kier alpha value is -1.02. The van der Waals surface area contributed by atoms with Crippen molar-refractivity contribution >= 4 is 0 Å². The van der Waals surface area contributed by atoms with Crippen LogP contribution in [0.25, 0.3) is 0 Å². The molecular formula is C15H25NO. The number of nitrogens with one attached hydrogen (secondary N) is 1. The van der Waals surface area contributed by atoms with Crippen LogP contribution in [0.1, 0.15) is 37.8 Å². The van der Waals surface area contributed by atoms with Crippen LogP contribution in [-0.2, 0) is 0 Å². The lowest BCUT2D eigenvalue weighted by Gasteiger charge is -2.12. The van der Waals surface area contributed by atoms with Gasteiger partial charge in [0.2, 0.25) is 0 Å². The summed E-state index contributed by atoms with van der Waals surface area (Å²) in [6, 6.07) is 6.95. The Morgan fingerprint density at radius 2 is 2.06 bits per heavy atom. The van der Waals surface area contributed by atoms with Gasteiger partial charge < -0.3 is 10.1 Å². The number of hydrogen-bond acceptors (Lipinski definition) is 2. The van der Waals surface area contributed by atoms with E-state index in [4.69, 9.17) is 4.74 Å². The van der Waals surface area contributed by atoms with Gasteiger partial charge in [0.25, 0.3) is 0 Å². The third-order valence-corrected chi connectivity index (χ3v) is 3.03. The first kappa shape index (κ1) is 14.0. The van der Waals surface area contributed by atoms with Crippen molar-refractivity contribution in [2.75, 3.05) is 13.2 Å². The highest BCUT2D eigenvalue weighted by atomic mass is 16.5. The Bertz CT molecular complexity index is 336. The smallest absolute Gasteiger partial charge is 0.122 e. The van der Waals surface area contributed by atoms with E-state index in [1.54, 1.807) is 0 Å². The predicted molar refractivity (Wildman–Crippen MR) is 73.8 cm³/mol. The highest BCUT2D eigenvalue weighted by Gasteiger charge is 2.00. The molecule has 0 aliphatic heterocycles. The van der Waals surface area contributed by atoms with Crippen molar-refractivity contribution in [2.45, 2.75) is 46.6 Å². The molecule has 0 fully saturated rings. The molecule has 1 aromatic rings. The molecule has 17 heavy (non-hydrogen) atoms. The van der Waals surface area contributed by atoms with Crippen molar-refractivity contribution in [1.29, 1.82) is 0 Å². The van der Waals surface area contributed by atoms with Gasteiger partial charge in [0, 0.05) is 6.04 Å². The third kappa shape index (κ3) is 5.22. The van der Waals surface area contributed by atoms with Crippen LogP contribution >= 0.6 is 0 Å². The third-order valence-electron chi connectivity index (χ3n) is 3.03. The summed E-state index contributed by atoms with van der Waals surface area (Å²) in [7, 11) is 0. The summed E-state index contributed by atoms with van der Waals surface area (Å²) in [5.74, 6) is 1.02. The molecule has 1 atom stereocenters. The van der Waals surface area contributed by atoms with E-state index in [-0.39, 0.29) is 0 Å². The molecule has 0 aliphatic rings. The van der Waals surface area contributed by atoms with E-state index in [0.717, 1.165) is 25.3 Å². The molecule has 96 valence electrons. The SMILES string of the molecule is CC[C@H](C)NCCCOc1cc(C)ccc1C. The average Bonchev–Trinajstić information content (AvgIpc) is 2.32. The fourth-order valence-electron chi connectivity index (χ4n) is 1.61. The number of ether oxygens (including phenoxy) is 1. The fraction of sp³-hybridized carbons (Fsp3) is 0.600. The summed E-state index contributed by atoms with van der Waals surface area (Å²) < 4.78 is 5.79. The minimum atomic E-state index is 0.607. The molecular weight excluding hydrogens is 210 g/mol. The Kier molecular flexibility index (Phi) is 6.06. The van der Waals surface area contributed by atoms with E-state index < -0.39 is 0 Å². The summed E-state index contributed by atoms with van der Waals surface area (Å²) in [5, 5.41) is 3.46. The highest BCUT2D eigenvalue weighted by Crippen LogP contribution is 2.18. The second-order valence-electron chi connectivity index (χ2n) is 4.73. The van der Waals surface area contributed by atoms with Crippen LogP contribution in [0.5, 0.6) is 5.75 Å². The largest absolute Gasteiger partial charge is 0.493 e. The standard InChI is InChI=1S/C15H25NO/c1-5-14(4)16-9-6-10-17-15-11-12(2)7-8-13(15)3/h7-8,11,14,16H,5-6,9-10H2,1-4H3/t14-/m0/s1. The molecule has 1 N–H and O–H groups in total. The summed E-state index contributed by atoms with van der Waals surface area (Å²) in [6.45, 7) is 10.4. The normalized spacial score (nSPS) is 12.5. The Labute approximate surface area is 105 Å². The lowest BCUT2D eigenvalue weighted by Crippen LogP contribution is -2.27. The zero-order valence-electron chi connectivity index (χ0n) is 11.5. The van der Waals surface area contributed by atoms with Crippen molar-refractivity contribution in [3.05, 3.63) is 29.3 Å². The first-order valence-corrected chi connectivity index (χ1v) is 6.57. The van der Waals surface area contributed by atoms with Gasteiger partial charge in [0.1, 0.15) is 5.75 Å². The van der Waals surface area contributed by atoms with Gasteiger partial charge >= 0.3 is 0 Å². The van der Waals surface area contributed by atoms with E-state index >= 15 is 0 Å². The maximum absolute atomic E-state index is 5.79. The molecule has 0 unspecified atom stereocenters. The lowest BCUT2D eigenvalue weighted by molar-refractivity contribution is 0.303. The summed E-state index contributed by atoms with van der Waals surface area (Å²) in [5.41, 5.74) is 2.47. The molecule has 2 heteroatoms. The van der Waals surface area contributed by atoms with Crippen molar-refractivity contribution in [1.82, 2.24) is 5.32 Å². The maximum Gasteiger partial charge on any atom is 0.122 e. The van der Waals surface area contributed by atoms with Crippen LogP contribution in [0.15, 0.2) is 18.2 Å². The molecule has 0 aromatic heterocycles. The van der Waals surface area contributed by atoms with E-state index in [2.05, 4.69) is 51.2 Å². The first-order chi connectivity index (χ1) is 8.13. The second-order valence-corrected chi connectivity index (χ2v) is 4.73. The van der Waals surface area contributed by atoms with Crippen molar-refractivity contribution < 1.29 is 4.74 Å². The van der Waals surface area contributed by atoms with Gasteiger partial charge in [0.15, 0.2) is 0 Å². The molecule has 0 spiro atoms. The lowest BCUT2D eigenvalue weighted by atomic mass is 10.1. The zero-order chi connectivity index (χ0) is 12.7. The predicted octanol–water partition coefficient (Wildman–Crippen LogP) is 3.46. The number of aryl methyl sites for hydroxylation is 2. The van der Waals surface area contributed by atoms with Gasteiger partial charge in [-0.3, -0.25) is 0 Å². The fourth-order valence-corrected chi connectivity index (χ4v) is 1.61. The summed E-state index contributed by atoms with van der Waals surface area (Å²) >= 11 is 0. The number of benzene rings is 1. The Morgan fingerprint density at radius 1 is 1.29 bits per heavy atom.